The minimum atomic E-state index is -3.93. The minimum Gasteiger partial charge on any atom is -0.307 e. The summed E-state index contributed by atoms with van der Waals surface area (Å²) in [5, 5.41) is 0. The number of rotatable bonds is 0. The van der Waals surface area contributed by atoms with Gasteiger partial charge in [-0.2, -0.15) is 13.2 Å². The molecule has 0 aromatic rings. The molecule has 1 saturated carbocycles. The van der Waals surface area contributed by atoms with Gasteiger partial charge >= 0.3 is 6.18 Å². The highest BCUT2D eigenvalue weighted by molar-refractivity contribution is 5.10. The highest BCUT2D eigenvalue weighted by atomic mass is 19.4. The molecule has 12 heavy (non-hydrogen) atoms. The lowest BCUT2D eigenvalue weighted by molar-refractivity contribution is -0.181. The van der Waals surface area contributed by atoms with E-state index in [0.717, 1.165) is 19.3 Å². The van der Waals surface area contributed by atoms with Crippen molar-refractivity contribution in [2.24, 2.45) is 5.92 Å². The normalized spacial score (nSPS) is 19.6. The first-order valence-electron chi connectivity index (χ1n) is 3.96. The predicted octanol–water partition coefficient (Wildman–Crippen LogP) is 2.94. The molecule has 0 amide bonds. The molecule has 1 rings (SSSR count). The summed E-state index contributed by atoms with van der Waals surface area (Å²) in [4.78, 5) is 8.00. The number of hydrogen-bond donors (Lipinski definition) is 0. The molecule has 0 spiro atoms. The number of alkyl halides is 3. The lowest BCUT2D eigenvalue weighted by Gasteiger charge is -2.23. The van der Waals surface area contributed by atoms with Crippen LogP contribution < -0.4 is 0 Å². The average Bonchev–Trinajstić information content (AvgIpc) is 2.08. The van der Waals surface area contributed by atoms with Crippen molar-refractivity contribution in [2.45, 2.75) is 38.3 Å². The number of hydrogen-bond acceptors (Lipinski definition) is 1. The average molecular weight is 182 g/mol. The van der Waals surface area contributed by atoms with Crippen LogP contribution in [0.15, 0.2) is 0 Å². The lowest BCUT2D eigenvalue weighted by Crippen LogP contribution is -2.24. The minimum absolute atomic E-state index is 0.351. The Morgan fingerprint density at radius 2 is 1.42 bits per heavy atom. The Balaban J connectivity index is 0.000000561. The Morgan fingerprint density at radius 1 is 1.00 bits per heavy atom. The van der Waals surface area contributed by atoms with Crippen LogP contribution in [0.2, 0.25) is 0 Å². The molecule has 1 aliphatic carbocycles. The molecule has 0 aliphatic heterocycles. The van der Waals surface area contributed by atoms with Crippen LogP contribution >= 0.6 is 0 Å². The van der Waals surface area contributed by atoms with Gasteiger partial charge in [0.05, 0.1) is 5.92 Å². The summed E-state index contributed by atoms with van der Waals surface area (Å²) in [6, 6.07) is 0. The van der Waals surface area contributed by atoms with Crippen LogP contribution in [0.5, 0.6) is 0 Å². The van der Waals surface area contributed by atoms with E-state index >= 15 is 0 Å². The fourth-order valence-electron chi connectivity index (χ4n) is 1.43. The molecule has 0 atom stereocenters. The van der Waals surface area contributed by atoms with Gasteiger partial charge in [-0.3, -0.25) is 0 Å². The molecule has 0 saturated heterocycles. The summed E-state index contributed by atoms with van der Waals surface area (Å²) >= 11 is 0. The van der Waals surface area contributed by atoms with E-state index in [9.17, 15) is 13.2 Å². The molecule has 0 heterocycles. The van der Waals surface area contributed by atoms with Crippen LogP contribution in [0, 0.1) is 5.92 Å². The van der Waals surface area contributed by atoms with Crippen LogP contribution in [0.4, 0.5) is 13.2 Å². The van der Waals surface area contributed by atoms with Gasteiger partial charge in [0.25, 0.3) is 0 Å². The maximum atomic E-state index is 11.9. The molecule has 72 valence electrons. The van der Waals surface area contributed by atoms with Gasteiger partial charge in [0, 0.05) is 0 Å². The smallest absolute Gasteiger partial charge is 0.307 e. The number of carbonyl (C=O) groups excluding carboxylic acids is 1. The summed E-state index contributed by atoms with van der Waals surface area (Å²) < 4.78 is 35.8. The van der Waals surface area contributed by atoms with E-state index in [1.54, 1.807) is 0 Å². The van der Waals surface area contributed by atoms with E-state index in [0.29, 0.717) is 12.8 Å². The zero-order valence-corrected chi connectivity index (χ0v) is 6.86. The summed E-state index contributed by atoms with van der Waals surface area (Å²) in [5.74, 6) is -0.999. The maximum absolute atomic E-state index is 11.9. The Morgan fingerprint density at radius 3 is 1.67 bits per heavy atom. The highest BCUT2D eigenvalue weighted by Gasteiger charge is 2.39. The molecule has 1 fully saturated rings. The van der Waals surface area contributed by atoms with Gasteiger partial charge in [0.2, 0.25) is 0 Å². The molecule has 0 N–H and O–H groups in total. The Labute approximate surface area is 70.0 Å². The standard InChI is InChI=1S/C7H11F3.CH2O/c8-7(9,10)6-4-2-1-3-5-6;1-2/h6H,1-5H2;1H2. The highest BCUT2D eigenvalue weighted by Crippen LogP contribution is 2.37. The second-order valence-electron chi connectivity index (χ2n) is 2.88. The van der Waals surface area contributed by atoms with Gasteiger partial charge in [-0.05, 0) is 12.8 Å². The maximum Gasteiger partial charge on any atom is 0.391 e. The summed E-state index contributed by atoms with van der Waals surface area (Å²) in [6.45, 7) is 2.00. The molecule has 1 nitrogen and oxygen atoms in total. The fourth-order valence-corrected chi connectivity index (χ4v) is 1.43. The van der Waals surface area contributed by atoms with E-state index in [4.69, 9.17) is 4.79 Å². The van der Waals surface area contributed by atoms with Gasteiger partial charge in [-0.1, -0.05) is 19.3 Å². The molecule has 0 radical (unpaired) electrons. The third-order valence-electron chi connectivity index (χ3n) is 2.07. The zero-order chi connectivity index (χ0) is 9.61. The Hall–Kier alpha value is -0.540. The fraction of sp³-hybridized carbons (Fsp3) is 0.875. The Bertz CT molecular complexity index is 116. The monoisotopic (exact) mass is 182 g/mol. The molecule has 1 aliphatic rings. The summed E-state index contributed by atoms with van der Waals surface area (Å²) in [5.41, 5.74) is 0. The van der Waals surface area contributed by atoms with Gasteiger partial charge in [-0.25, -0.2) is 0 Å². The molecule has 0 aromatic carbocycles. The van der Waals surface area contributed by atoms with Crippen molar-refractivity contribution in [1.29, 1.82) is 0 Å². The molecular formula is C8H13F3O. The van der Waals surface area contributed by atoms with E-state index in [1.807, 2.05) is 6.79 Å². The van der Waals surface area contributed by atoms with Crippen molar-refractivity contribution >= 4 is 6.79 Å². The topological polar surface area (TPSA) is 17.1 Å². The number of halogens is 3. The second-order valence-corrected chi connectivity index (χ2v) is 2.88. The summed E-state index contributed by atoms with van der Waals surface area (Å²) in [6.07, 6.45) is -0.742. The zero-order valence-electron chi connectivity index (χ0n) is 6.86. The van der Waals surface area contributed by atoms with Crippen LogP contribution in [-0.4, -0.2) is 13.0 Å². The van der Waals surface area contributed by atoms with Gasteiger partial charge in [0.15, 0.2) is 0 Å². The van der Waals surface area contributed by atoms with E-state index < -0.39 is 12.1 Å². The SMILES string of the molecule is C=O.FC(F)(F)C1CCCCC1. The first-order chi connectivity index (χ1) is 5.61. The van der Waals surface area contributed by atoms with Crippen molar-refractivity contribution in [3.63, 3.8) is 0 Å². The van der Waals surface area contributed by atoms with E-state index in [-0.39, 0.29) is 0 Å². The van der Waals surface area contributed by atoms with Gasteiger partial charge in [0.1, 0.15) is 6.79 Å². The number of carbonyl (C=O) groups is 1. The van der Waals surface area contributed by atoms with Crippen LogP contribution in [0.25, 0.3) is 0 Å². The second kappa shape index (κ2) is 5.17. The van der Waals surface area contributed by atoms with Crippen molar-refractivity contribution < 1.29 is 18.0 Å². The third kappa shape index (κ3) is 3.74. The van der Waals surface area contributed by atoms with Crippen molar-refractivity contribution in [1.82, 2.24) is 0 Å². The first-order valence-corrected chi connectivity index (χ1v) is 3.96. The van der Waals surface area contributed by atoms with Crippen LogP contribution in [0.1, 0.15) is 32.1 Å². The largest absolute Gasteiger partial charge is 0.391 e. The summed E-state index contributed by atoms with van der Waals surface area (Å²) in [7, 11) is 0. The van der Waals surface area contributed by atoms with Gasteiger partial charge < -0.3 is 4.79 Å². The quantitative estimate of drug-likeness (QED) is 0.563. The predicted molar refractivity (Wildman–Crippen MR) is 39.8 cm³/mol. The van der Waals surface area contributed by atoms with Crippen molar-refractivity contribution in [2.75, 3.05) is 0 Å². The van der Waals surface area contributed by atoms with Crippen molar-refractivity contribution in [3.8, 4) is 0 Å². The van der Waals surface area contributed by atoms with Crippen LogP contribution in [0.3, 0.4) is 0 Å². The molecule has 0 bridgehead atoms. The van der Waals surface area contributed by atoms with Crippen LogP contribution in [-0.2, 0) is 4.79 Å². The van der Waals surface area contributed by atoms with Gasteiger partial charge in [-0.15, -0.1) is 0 Å². The molecule has 0 aromatic heterocycles. The molecule has 4 heteroatoms. The van der Waals surface area contributed by atoms with E-state index in [2.05, 4.69) is 0 Å². The molecular weight excluding hydrogens is 169 g/mol. The first kappa shape index (κ1) is 11.5. The molecule has 0 unspecified atom stereocenters. The van der Waals surface area contributed by atoms with E-state index in [1.165, 1.54) is 0 Å². The lowest BCUT2D eigenvalue weighted by atomic mass is 9.89. The Kier molecular flexibility index (Phi) is 4.93. The third-order valence-corrected chi connectivity index (χ3v) is 2.07. The van der Waals surface area contributed by atoms with Crippen molar-refractivity contribution in [3.05, 3.63) is 0 Å².